The third-order valence-electron chi connectivity index (χ3n) is 8.45. The second-order valence-electron chi connectivity index (χ2n) is 12.3. The maximum Gasteiger partial charge on any atom is 0.311 e. The molecule has 3 aliphatic rings. The predicted molar refractivity (Wildman–Crippen MR) is 148 cm³/mol. The highest BCUT2D eigenvalue weighted by molar-refractivity contribution is 8.02. The first-order valence-corrected chi connectivity index (χ1v) is 14.5. The molecule has 3 rings (SSSR count). The van der Waals surface area contributed by atoms with Crippen LogP contribution in [0.3, 0.4) is 0 Å². The first kappa shape index (κ1) is 29.8. The summed E-state index contributed by atoms with van der Waals surface area (Å²) in [4.78, 5) is 45.7. The van der Waals surface area contributed by atoms with Crippen molar-refractivity contribution in [1.29, 1.82) is 0 Å². The minimum atomic E-state index is -0.763. The van der Waals surface area contributed by atoms with Gasteiger partial charge < -0.3 is 19.6 Å². The molecule has 0 aromatic rings. The molecule has 2 amide bonds. The van der Waals surface area contributed by atoms with Crippen LogP contribution >= 0.6 is 11.8 Å². The molecule has 37 heavy (non-hydrogen) atoms. The van der Waals surface area contributed by atoms with Gasteiger partial charge in [-0.3, -0.25) is 14.4 Å². The van der Waals surface area contributed by atoms with Gasteiger partial charge in [0.15, 0.2) is 0 Å². The van der Waals surface area contributed by atoms with Crippen molar-refractivity contribution in [3.05, 3.63) is 25.3 Å². The summed E-state index contributed by atoms with van der Waals surface area (Å²) in [7, 11) is 0. The molecule has 208 valence electrons. The van der Waals surface area contributed by atoms with Crippen LogP contribution in [0.15, 0.2) is 25.3 Å². The lowest BCUT2D eigenvalue weighted by molar-refractivity contribution is -0.156. The smallest absolute Gasteiger partial charge is 0.311 e. The van der Waals surface area contributed by atoms with E-state index in [1.165, 1.54) is 0 Å². The molecular weight excluding hydrogens is 488 g/mol. The van der Waals surface area contributed by atoms with Gasteiger partial charge in [0.1, 0.15) is 6.04 Å². The van der Waals surface area contributed by atoms with Crippen molar-refractivity contribution >= 4 is 29.5 Å². The second-order valence-corrected chi connectivity index (χ2v) is 14.2. The fourth-order valence-electron chi connectivity index (χ4n) is 6.60. The molecule has 7 nitrogen and oxygen atoms in total. The number of ether oxygens (including phenoxy) is 1. The van der Waals surface area contributed by atoms with E-state index >= 15 is 0 Å². The van der Waals surface area contributed by atoms with Crippen molar-refractivity contribution in [3.8, 4) is 0 Å². The normalized spacial score (nSPS) is 31.4. The number of carbonyl (C=O) groups is 3. The molecule has 0 aliphatic carbocycles. The summed E-state index contributed by atoms with van der Waals surface area (Å²) in [5.41, 5.74) is -0.490. The van der Waals surface area contributed by atoms with Gasteiger partial charge in [-0.1, -0.05) is 26.0 Å². The van der Waals surface area contributed by atoms with Gasteiger partial charge in [-0.2, -0.15) is 0 Å². The number of allylic oxidation sites excluding steroid dienone is 1. The van der Waals surface area contributed by atoms with Gasteiger partial charge in [0.2, 0.25) is 11.8 Å². The number of aliphatic hydroxyl groups is 1. The molecule has 8 heteroatoms. The Balaban J connectivity index is 2.05. The van der Waals surface area contributed by atoms with E-state index in [4.69, 9.17) is 4.74 Å². The Hall–Kier alpha value is -1.80. The summed E-state index contributed by atoms with van der Waals surface area (Å²) in [6.07, 6.45) is 7.46. The van der Waals surface area contributed by atoms with Crippen LogP contribution in [0.1, 0.15) is 73.6 Å². The van der Waals surface area contributed by atoms with Crippen LogP contribution in [0.4, 0.5) is 0 Å². The van der Waals surface area contributed by atoms with Gasteiger partial charge in [-0.15, -0.1) is 24.9 Å². The largest absolute Gasteiger partial charge is 0.465 e. The number of carbonyl (C=O) groups excluding carboxylic acids is 3. The number of rotatable bonds is 12. The van der Waals surface area contributed by atoms with Gasteiger partial charge in [-0.25, -0.2) is 0 Å². The quantitative estimate of drug-likeness (QED) is 0.229. The summed E-state index contributed by atoms with van der Waals surface area (Å²) >= 11 is 1.63. The van der Waals surface area contributed by atoms with E-state index in [2.05, 4.69) is 13.2 Å². The first-order valence-electron chi connectivity index (χ1n) is 13.6. The highest BCUT2D eigenvalue weighted by Gasteiger charge is 2.78. The number of nitrogens with zero attached hydrogens (tertiary/aromatic N) is 2. The number of esters is 1. The van der Waals surface area contributed by atoms with Crippen molar-refractivity contribution < 1.29 is 24.2 Å². The Labute approximate surface area is 227 Å². The molecular formula is C29H46N2O5S. The summed E-state index contributed by atoms with van der Waals surface area (Å²) in [6, 6.07) is -1.28. The standard InChI is InChI=1S/C29H46N2O5S/c1-9-11-12-13-17-36-26(35)22-21-24(33)31(20(18-32)19(3)4)23(29(21)15-14-28(22,8)37-29)25(34)30(16-10-2)27(5,6)7/h9-10,19-23,32H,1-2,11-18H2,3-8H3/t20-,21-,22+,23?,28-,29?/m0/s1. The number of likely N-dealkylation sites (tertiary alicyclic amines) is 1. The first-order chi connectivity index (χ1) is 17.3. The Morgan fingerprint density at radius 3 is 2.46 bits per heavy atom. The zero-order valence-corrected chi connectivity index (χ0v) is 24.3. The Kier molecular flexibility index (Phi) is 8.95. The lowest BCUT2D eigenvalue weighted by Gasteiger charge is -2.44. The predicted octanol–water partition coefficient (Wildman–Crippen LogP) is 4.20. The van der Waals surface area contributed by atoms with E-state index in [0.717, 1.165) is 25.7 Å². The third kappa shape index (κ3) is 5.12. The highest BCUT2D eigenvalue weighted by Crippen LogP contribution is 2.72. The van der Waals surface area contributed by atoms with Crippen molar-refractivity contribution in [1.82, 2.24) is 9.80 Å². The maximum absolute atomic E-state index is 14.4. The summed E-state index contributed by atoms with van der Waals surface area (Å²) in [5, 5.41) is 10.4. The molecule has 0 aromatic carbocycles. The molecule has 6 atom stereocenters. The van der Waals surface area contributed by atoms with Crippen LogP contribution in [0.2, 0.25) is 0 Å². The van der Waals surface area contributed by atoms with Gasteiger partial charge in [0, 0.05) is 16.8 Å². The molecule has 0 radical (unpaired) electrons. The van der Waals surface area contributed by atoms with Crippen LogP contribution in [0, 0.1) is 17.8 Å². The molecule has 3 heterocycles. The highest BCUT2D eigenvalue weighted by atomic mass is 32.2. The number of unbranched alkanes of at least 4 members (excludes halogenated alkanes) is 2. The van der Waals surface area contributed by atoms with Gasteiger partial charge >= 0.3 is 5.97 Å². The van der Waals surface area contributed by atoms with E-state index < -0.39 is 39.0 Å². The molecule has 2 bridgehead atoms. The number of thioether (sulfide) groups is 1. The Morgan fingerprint density at radius 1 is 1.24 bits per heavy atom. The van der Waals surface area contributed by atoms with Crippen LogP contribution in [0.5, 0.6) is 0 Å². The lowest BCUT2D eigenvalue weighted by atomic mass is 9.66. The number of fused-ring (bicyclic) bond motifs is 1. The molecule has 1 spiro atoms. The van der Waals surface area contributed by atoms with Crippen LogP contribution in [-0.2, 0) is 19.1 Å². The fourth-order valence-corrected chi connectivity index (χ4v) is 8.93. The van der Waals surface area contributed by atoms with E-state index in [1.807, 2.05) is 47.6 Å². The Bertz CT molecular complexity index is 914. The number of amides is 2. The molecule has 3 saturated heterocycles. The average molecular weight is 535 g/mol. The zero-order valence-electron chi connectivity index (χ0n) is 23.5. The molecule has 0 saturated carbocycles. The molecule has 3 aliphatic heterocycles. The minimum Gasteiger partial charge on any atom is -0.465 e. The number of aliphatic hydroxyl groups excluding tert-OH is 1. The third-order valence-corrected chi connectivity index (χ3v) is 10.4. The van der Waals surface area contributed by atoms with Crippen LogP contribution in [-0.4, -0.2) is 79.6 Å². The van der Waals surface area contributed by atoms with E-state index in [-0.39, 0.29) is 30.3 Å². The molecule has 0 aromatic heterocycles. The fraction of sp³-hybridized carbons (Fsp3) is 0.759. The van der Waals surface area contributed by atoms with Crippen molar-refractivity contribution in [2.75, 3.05) is 19.8 Å². The van der Waals surface area contributed by atoms with Gasteiger partial charge in [0.05, 0.1) is 35.8 Å². The van der Waals surface area contributed by atoms with E-state index in [9.17, 15) is 19.5 Å². The minimum absolute atomic E-state index is 0.0602. The van der Waals surface area contributed by atoms with Crippen molar-refractivity contribution in [3.63, 3.8) is 0 Å². The molecule has 3 fully saturated rings. The number of hydrogen-bond donors (Lipinski definition) is 1. The van der Waals surface area contributed by atoms with Crippen molar-refractivity contribution in [2.24, 2.45) is 17.8 Å². The summed E-state index contributed by atoms with van der Waals surface area (Å²) < 4.78 is 4.53. The van der Waals surface area contributed by atoms with E-state index in [0.29, 0.717) is 19.6 Å². The Morgan fingerprint density at radius 2 is 1.92 bits per heavy atom. The van der Waals surface area contributed by atoms with Gasteiger partial charge in [-0.05, 0) is 65.7 Å². The summed E-state index contributed by atoms with van der Waals surface area (Å²) in [5.74, 6) is -2.02. The zero-order chi connectivity index (χ0) is 27.8. The van der Waals surface area contributed by atoms with Crippen LogP contribution < -0.4 is 0 Å². The number of hydrogen-bond acceptors (Lipinski definition) is 6. The lowest BCUT2D eigenvalue weighted by Crippen LogP contribution is -2.61. The molecule has 2 unspecified atom stereocenters. The van der Waals surface area contributed by atoms with Crippen molar-refractivity contribution in [2.45, 2.75) is 101 Å². The van der Waals surface area contributed by atoms with E-state index in [1.54, 1.807) is 27.6 Å². The summed E-state index contributed by atoms with van der Waals surface area (Å²) in [6.45, 7) is 19.9. The average Bonchev–Trinajstić information content (AvgIpc) is 3.37. The van der Waals surface area contributed by atoms with Gasteiger partial charge in [0.25, 0.3) is 0 Å². The SMILES string of the molecule is C=CCCCCOC(=O)[C@H]1[C@H]2C(=O)N([C@@H](CO)C(C)C)C(C(=O)N(CC=C)C(C)(C)C)C23CC[C@]1(C)S3. The maximum atomic E-state index is 14.4. The van der Waals surface area contributed by atoms with Crippen LogP contribution in [0.25, 0.3) is 0 Å². The topological polar surface area (TPSA) is 87.1 Å². The second kappa shape index (κ2) is 11.1. The molecule has 1 N–H and O–H groups in total. The monoisotopic (exact) mass is 534 g/mol.